The molecule has 2 rings (SSSR count). The molecule has 0 aliphatic carbocycles. The summed E-state index contributed by atoms with van der Waals surface area (Å²) >= 11 is 0. The number of halogens is 3. The maximum Gasteiger partial charge on any atom is 0.416 e. The van der Waals surface area contributed by atoms with E-state index < -0.39 is 11.7 Å². The first-order valence-electron chi connectivity index (χ1n) is 5.78. The highest BCUT2D eigenvalue weighted by Gasteiger charge is 2.31. The quantitative estimate of drug-likeness (QED) is 0.849. The predicted octanol–water partition coefficient (Wildman–Crippen LogP) is 2.56. The molecule has 1 aliphatic heterocycles. The summed E-state index contributed by atoms with van der Waals surface area (Å²) < 4.78 is 37.3. The number of hydrogen-bond acceptors (Lipinski definition) is 3. The third-order valence-corrected chi connectivity index (χ3v) is 3.19. The van der Waals surface area contributed by atoms with Gasteiger partial charge in [-0.05, 0) is 37.1 Å². The Morgan fingerprint density at radius 2 is 1.94 bits per heavy atom. The second kappa shape index (κ2) is 5.16. The van der Waals surface area contributed by atoms with E-state index in [-0.39, 0.29) is 6.04 Å². The SMILES string of the molecule is NOCC1CCCN1c1ccc(C(F)(F)F)cc1. The third kappa shape index (κ3) is 2.76. The van der Waals surface area contributed by atoms with E-state index in [9.17, 15) is 13.2 Å². The van der Waals surface area contributed by atoms with Crippen molar-refractivity contribution < 1.29 is 18.0 Å². The van der Waals surface area contributed by atoms with Crippen molar-refractivity contribution in [1.82, 2.24) is 0 Å². The Morgan fingerprint density at radius 3 is 2.50 bits per heavy atom. The zero-order valence-electron chi connectivity index (χ0n) is 9.78. The minimum Gasteiger partial charge on any atom is -0.366 e. The molecule has 1 aromatic carbocycles. The summed E-state index contributed by atoms with van der Waals surface area (Å²) in [4.78, 5) is 6.67. The van der Waals surface area contributed by atoms with Crippen molar-refractivity contribution >= 4 is 5.69 Å². The normalized spacial score (nSPS) is 20.4. The summed E-state index contributed by atoms with van der Waals surface area (Å²) in [5.74, 6) is 5.05. The van der Waals surface area contributed by atoms with Crippen LogP contribution in [0, 0.1) is 0 Å². The molecule has 1 saturated heterocycles. The zero-order valence-corrected chi connectivity index (χ0v) is 9.78. The summed E-state index contributed by atoms with van der Waals surface area (Å²) in [5.41, 5.74) is 0.152. The van der Waals surface area contributed by atoms with Gasteiger partial charge in [0.05, 0.1) is 18.2 Å². The largest absolute Gasteiger partial charge is 0.416 e. The maximum atomic E-state index is 12.4. The lowest BCUT2D eigenvalue weighted by Crippen LogP contribution is -2.34. The van der Waals surface area contributed by atoms with Gasteiger partial charge in [-0.25, -0.2) is 5.90 Å². The van der Waals surface area contributed by atoms with Crippen LogP contribution in [0.2, 0.25) is 0 Å². The molecule has 0 aromatic heterocycles. The molecule has 0 saturated carbocycles. The van der Waals surface area contributed by atoms with E-state index in [1.807, 2.05) is 4.90 Å². The van der Waals surface area contributed by atoms with Gasteiger partial charge >= 0.3 is 6.18 Å². The van der Waals surface area contributed by atoms with Gasteiger partial charge in [-0.3, -0.25) is 0 Å². The van der Waals surface area contributed by atoms with E-state index >= 15 is 0 Å². The lowest BCUT2D eigenvalue weighted by molar-refractivity contribution is -0.137. The molecule has 3 nitrogen and oxygen atoms in total. The van der Waals surface area contributed by atoms with Gasteiger partial charge in [0, 0.05) is 12.2 Å². The molecule has 18 heavy (non-hydrogen) atoms. The van der Waals surface area contributed by atoms with Crippen molar-refractivity contribution in [3.8, 4) is 0 Å². The fourth-order valence-corrected chi connectivity index (χ4v) is 2.30. The van der Waals surface area contributed by atoms with Gasteiger partial charge in [-0.2, -0.15) is 13.2 Å². The van der Waals surface area contributed by atoms with Gasteiger partial charge in [-0.15, -0.1) is 0 Å². The Labute approximate surface area is 103 Å². The molecule has 1 atom stereocenters. The summed E-state index contributed by atoms with van der Waals surface area (Å²) in [6.07, 6.45) is -2.35. The highest BCUT2D eigenvalue weighted by Crippen LogP contribution is 2.32. The van der Waals surface area contributed by atoms with Crippen molar-refractivity contribution in [2.75, 3.05) is 18.1 Å². The predicted molar refractivity (Wildman–Crippen MR) is 62.0 cm³/mol. The van der Waals surface area contributed by atoms with E-state index in [0.717, 1.165) is 37.2 Å². The molecule has 0 radical (unpaired) electrons. The standard InChI is InChI=1S/C12H15F3N2O/c13-12(14,15)9-3-5-10(6-4-9)17-7-1-2-11(17)8-18-16/h3-6,11H,1-2,7-8,16H2. The minimum absolute atomic E-state index is 0.145. The van der Waals surface area contributed by atoms with Crippen LogP contribution < -0.4 is 10.8 Å². The number of nitrogens with two attached hydrogens (primary N) is 1. The molecular weight excluding hydrogens is 245 g/mol. The number of hydrogen-bond donors (Lipinski definition) is 1. The van der Waals surface area contributed by atoms with Gasteiger partial charge in [0.25, 0.3) is 0 Å². The fourth-order valence-electron chi connectivity index (χ4n) is 2.30. The molecule has 0 amide bonds. The van der Waals surface area contributed by atoms with Crippen molar-refractivity contribution in [1.29, 1.82) is 0 Å². The molecule has 0 bridgehead atoms. The van der Waals surface area contributed by atoms with Crippen LogP contribution in [0.1, 0.15) is 18.4 Å². The first-order valence-corrected chi connectivity index (χ1v) is 5.78. The molecule has 6 heteroatoms. The average molecular weight is 260 g/mol. The monoisotopic (exact) mass is 260 g/mol. The Balaban J connectivity index is 2.14. The Kier molecular flexibility index (Phi) is 3.77. The van der Waals surface area contributed by atoms with E-state index in [2.05, 4.69) is 4.84 Å². The van der Waals surface area contributed by atoms with Crippen molar-refractivity contribution in [3.63, 3.8) is 0 Å². The second-order valence-corrected chi connectivity index (χ2v) is 4.37. The summed E-state index contributed by atoms with van der Waals surface area (Å²) in [7, 11) is 0. The Hall–Kier alpha value is -1.27. The van der Waals surface area contributed by atoms with Crippen molar-refractivity contribution in [2.24, 2.45) is 5.90 Å². The molecular formula is C12H15F3N2O. The van der Waals surface area contributed by atoms with Crippen LogP contribution in [-0.2, 0) is 11.0 Å². The average Bonchev–Trinajstić information content (AvgIpc) is 2.77. The van der Waals surface area contributed by atoms with Gasteiger partial charge in [0.2, 0.25) is 0 Å². The molecule has 2 N–H and O–H groups in total. The highest BCUT2D eigenvalue weighted by molar-refractivity contribution is 5.50. The summed E-state index contributed by atoms with van der Waals surface area (Å²) in [6, 6.07) is 5.35. The van der Waals surface area contributed by atoms with Gasteiger partial charge in [-0.1, -0.05) is 0 Å². The topological polar surface area (TPSA) is 38.5 Å². The van der Waals surface area contributed by atoms with Crippen LogP contribution in [-0.4, -0.2) is 19.2 Å². The number of nitrogens with zero attached hydrogens (tertiary/aromatic N) is 1. The minimum atomic E-state index is -4.29. The third-order valence-electron chi connectivity index (χ3n) is 3.19. The van der Waals surface area contributed by atoms with Gasteiger partial charge in [0.15, 0.2) is 0 Å². The van der Waals surface area contributed by atoms with Crippen LogP contribution >= 0.6 is 0 Å². The molecule has 1 heterocycles. The molecule has 1 aliphatic rings. The molecule has 1 aromatic rings. The maximum absolute atomic E-state index is 12.4. The van der Waals surface area contributed by atoms with Crippen LogP contribution in [0.25, 0.3) is 0 Å². The number of anilines is 1. The van der Waals surface area contributed by atoms with Gasteiger partial charge in [0.1, 0.15) is 0 Å². The Morgan fingerprint density at radius 1 is 1.28 bits per heavy atom. The summed E-state index contributed by atoms with van der Waals surface area (Å²) in [5, 5.41) is 0. The second-order valence-electron chi connectivity index (χ2n) is 4.37. The van der Waals surface area contributed by atoms with E-state index in [0.29, 0.717) is 6.61 Å². The summed E-state index contributed by atoms with van der Waals surface area (Å²) in [6.45, 7) is 1.21. The highest BCUT2D eigenvalue weighted by atomic mass is 19.4. The van der Waals surface area contributed by atoms with Crippen molar-refractivity contribution in [2.45, 2.75) is 25.1 Å². The van der Waals surface area contributed by atoms with Crippen LogP contribution in [0.5, 0.6) is 0 Å². The molecule has 0 spiro atoms. The first kappa shape index (κ1) is 13.2. The van der Waals surface area contributed by atoms with Gasteiger partial charge < -0.3 is 9.74 Å². The lowest BCUT2D eigenvalue weighted by atomic mass is 10.1. The van der Waals surface area contributed by atoms with E-state index in [4.69, 9.17) is 5.90 Å². The number of rotatable bonds is 3. The zero-order chi connectivity index (χ0) is 13.2. The van der Waals surface area contributed by atoms with E-state index in [1.165, 1.54) is 12.1 Å². The smallest absolute Gasteiger partial charge is 0.366 e. The molecule has 100 valence electrons. The molecule has 1 unspecified atom stereocenters. The first-order chi connectivity index (χ1) is 8.52. The Bertz CT molecular complexity index is 391. The molecule has 1 fully saturated rings. The van der Waals surface area contributed by atoms with E-state index in [1.54, 1.807) is 0 Å². The number of alkyl halides is 3. The van der Waals surface area contributed by atoms with Crippen LogP contribution in [0.15, 0.2) is 24.3 Å². The van der Waals surface area contributed by atoms with Crippen molar-refractivity contribution in [3.05, 3.63) is 29.8 Å². The number of benzene rings is 1. The lowest BCUT2D eigenvalue weighted by Gasteiger charge is -2.26. The van der Waals surface area contributed by atoms with Crippen LogP contribution in [0.3, 0.4) is 0 Å². The van der Waals surface area contributed by atoms with Crippen LogP contribution in [0.4, 0.5) is 18.9 Å². The fraction of sp³-hybridized carbons (Fsp3) is 0.500.